The Kier molecular flexibility index (Phi) is 4.88. The van der Waals surface area contributed by atoms with Crippen LogP contribution in [0.5, 0.6) is 0 Å². The lowest BCUT2D eigenvalue weighted by Crippen LogP contribution is -2.21. The van der Waals surface area contributed by atoms with E-state index < -0.39 is 0 Å². The normalized spacial score (nSPS) is 32.2. The van der Waals surface area contributed by atoms with Gasteiger partial charge in [-0.05, 0) is 54.3 Å². The molecule has 6 atom stereocenters. The van der Waals surface area contributed by atoms with Gasteiger partial charge in [-0.3, -0.25) is 0 Å². The molecule has 0 heterocycles. The van der Waals surface area contributed by atoms with Gasteiger partial charge >= 0.3 is 0 Å². The zero-order chi connectivity index (χ0) is 12.5. The summed E-state index contributed by atoms with van der Waals surface area (Å²) >= 11 is 0. The molecule has 0 aliphatic heterocycles. The van der Waals surface area contributed by atoms with E-state index in [0.29, 0.717) is 0 Å². The summed E-state index contributed by atoms with van der Waals surface area (Å²) in [5, 5.41) is 0. The Morgan fingerprint density at radius 3 is 1.81 bits per heavy atom. The second-order valence-electron chi connectivity index (χ2n) is 7.03. The molecular formula is C16H32. The summed E-state index contributed by atoms with van der Waals surface area (Å²) in [6.45, 7) is 17.0. The minimum atomic E-state index is 0.838. The Balaban J connectivity index is 2.37. The SMILES string of the molecule is CC(C)C(C)CC(C)C(C)C(C)C1CC1C. The van der Waals surface area contributed by atoms with Gasteiger partial charge in [0.15, 0.2) is 0 Å². The Morgan fingerprint density at radius 2 is 1.44 bits per heavy atom. The first kappa shape index (κ1) is 14.1. The van der Waals surface area contributed by atoms with E-state index in [-0.39, 0.29) is 0 Å². The topological polar surface area (TPSA) is 0 Å². The molecule has 6 unspecified atom stereocenters. The first-order valence-electron chi connectivity index (χ1n) is 7.34. The van der Waals surface area contributed by atoms with Crippen molar-refractivity contribution in [2.45, 2.75) is 61.3 Å². The van der Waals surface area contributed by atoms with Gasteiger partial charge in [-0.15, -0.1) is 0 Å². The highest BCUT2D eigenvalue weighted by atomic mass is 14.5. The van der Waals surface area contributed by atoms with Crippen LogP contribution in [0, 0.1) is 41.4 Å². The molecule has 0 spiro atoms. The molecule has 96 valence electrons. The third-order valence-corrected chi connectivity index (χ3v) is 5.46. The van der Waals surface area contributed by atoms with E-state index in [2.05, 4.69) is 48.5 Å². The Hall–Kier alpha value is 0. The third kappa shape index (κ3) is 3.50. The maximum atomic E-state index is 2.48. The summed E-state index contributed by atoms with van der Waals surface area (Å²) in [6, 6.07) is 0. The zero-order valence-electron chi connectivity index (χ0n) is 12.5. The van der Waals surface area contributed by atoms with Crippen molar-refractivity contribution in [2.75, 3.05) is 0 Å². The van der Waals surface area contributed by atoms with Gasteiger partial charge in [0.05, 0.1) is 0 Å². The summed E-state index contributed by atoms with van der Waals surface area (Å²) in [5.41, 5.74) is 0. The number of hydrogen-bond acceptors (Lipinski definition) is 0. The highest BCUT2D eigenvalue weighted by molar-refractivity contribution is 4.89. The molecule has 16 heavy (non-hydrogen) atoms. The second kappa shape index (κ2) is 5.56. The molecule has 0 bridgehead atoms. The van der Waals surface area contributed by atoms with Crippen molar-refractivity contribution in [3.05, 3.63) is 0 Å². The maximum absolute atomic E-state index is 2.48. The molecule has 0 N–H and O–H groups in total. The van der Waals surface area contributed by atoms with Crippen LogP contribution >= 0.6 is 0 Å². The predicted molar refractivity (Wildman–Crippen MR) is 73.4 cm³/mol. The van der Waals surface area contributed by atoms with Crippen LogP contribution in [0.4, 0.5) is 0 Å². The summed E-state index contributed by atoms with van der Waals surface area (Å²) in [5.74, 6) is 6.48. The van der Waals surface area contributed by atoms with Gasteiger partial charge in [-0.2, -0.15) is 0 Å². The van der Waals surface area contributed by atoms with Crippen molar-refractivity contribution in [1.82, 2.24) is 0 Å². The number of rotatable bonds is 6. The van der Waals surface area contributed by atoms with Gasteiger partial charge in [-0.25, -0.2) is 0 Å². The van der Waals surface area contributed by atoms with Crippen molar-refractivity contribution in [2.24, 2.45) is 41.4 Å². The van der Waals surface area contributed by atoms with E-state index in [1.165, 1.54) is 12.8 Å². The highest BCUT2D eigenvalue weighted by Crippen LogP contribution is 2.48. The van der Waals surface area contributed by atoms with E-state index in [4.69, 9.17) is 0 Å². The molecule has 1 rings (SSSR count). The minimum absolute atomic E-state index is 0.838. The van der Waals surface area contributed by atoms with Crippen LogP contribution in [-0.2, 0) is 0 Å². The Labute approximate surface area is 103 Å². The molecule has 0 saturated heterocycles. The lowest BCUT2D eigenvalue weighted by molar-refractivity contribution is 0.201. The van der Waals surface area contributed by atoms with Gasteiger partial charge < -0.3 is 0 Å². The molecule has 0 nitrogen and oxygen atoms in total. The lowest BCUT2D eigenvalue weighted by Gasteiger charge is -2.29. The Morgan fingerprint density at radius 1 is 0.938 bits per heavy atom. The quantitative estimate of drug-likeness (QED) is 0.579. The van der Waals surface area contributed by atoms with Crippen LogP contribution < -0.4 is 0 Å². The average molecular weight is 224 g/mol. The smallest absolute Gasteiger partial charge is 0.0357 e. The summed E-state index contributed by atoms with van der Waals surface area (Å²) in [4.78, 5) is 0. The minimum Gasteiger partial charge on any atom is -0.0625 e. The largest absolute Gasteiger partial charge is 0.0625 e. The molecule has 1 saturated carbocycles. The van der Waals surface area contributed by atoms with Crippen LogP contribution in [-0.4, -0.2) is 0 Å². The summed E-state index contributed by atoms with van der Waals surface area (Å²) in [6.07, 6.45) is 2.89. The fraction of sp³-hybridized carbons (Fsp3) is 1.00. The van der Waals surface area contributed by atoms with Crippen molar-refractivity contribution < 1.29 is 0 Å². The van der Waals surface area contributed by atoms with Crippen molar-refractivity contribution in [3.8, 4) is 0 Å². The van der Waals surface area contributed by atoms with E-state index in [1.807, 2.05) is 0 Å². The van der Waals surface area contributed by atoms with Gasteiger partial charge in [-0.1, -0.05) is 48.5 Å². The molecule has 0 aromatic carbocycles. The van der Waals surface area contributed by atoms with Gasteiger partial charge in [0.2, 0.25) is 0 Å². The van der Waals surface area contributed by atoms with Crippen molar-refractivity contribution in [1.29, 1.82) is 0 Å². The van der Waals surface area contributed by atoms with Crippen LogP contribution in [0.1, 0.15) is 61.3 Å². The lowest BCUT2D eigenvalue weighted by atomic mass is 9.76. The molecule has 0 amide bonds. The average Bonchev–Trinajstić information content (AvgIpc) is 2.92. The second-order valence-corrected chi connectivity index (χ2v) is 7.03. The van der Waals surface area contributed by atoms with Crippen molar-refractivity contribution in [3.63, 3.8) is 0 Å². The summed E-state index contributed by atoms with van der Waals surface area (Å²) in [7, 11) is 0. The van der Waals surface area contributed by atoms with Gasteiger partial charge in [0.25, 0.3) is 0 Å². The first-order chi connectivity index (χ1) is 7.34. The molecule has 0 radical (unpaired) electrons. The summed E-state index contributed by atoms with van der Waals surface area (Å²) < 4.78 is 0. The molecule has 0 aromatic heterocycles. The zero-order valence-corrected chi connectivity index (χ0v) is 12.5. The van der Waals surface area contributed by atoms with Crippen LogP contribution in [0.2, 0.25) is 0 Å². The van der Waals surface area contributed by atoms with E-state index in [1.54, 1.807) is 0 Å². The number of hydrogen-bond donors (Lipinski definition) is 0. The first-order valence-corrected chi connectivity index (χ1v) is 7.34. The molecular weight excluding hydrogens is 192 g/mol. The predicted octanol–water partition coefficient (Wildman–Crippen LogP) is 5.23. The van der Waals surface area contributed by atoms with Crippen molar-refractivity contribution >= 4 is 0 Å². The molecule has 1 fully saturated rings. The standard InChI is InChI=1S/C16H32/c1-10(2)11(3)8-12(4)14(6)15(7)16-9-13(16)5/h10-16H,8-9H2,1-7H3. The van der Waals surface area contributed by atoms with Crippen LogP contribution in [0.3, 0.4) is 0 Å². The molecule has 1 aliphatic rings. The van der Waals surface area contributed by atoms with Gasteiger partial charge in [0, 0.05) is 0 Å². The fourth-order valence-electron chi connectivity index (χ4n) is 3.06. The van der Waals surface area contributed by atoms with Crippen LogP contribution in [0.15, 0.2) is 0 Å². The molecule has 0 heteroatoms. The third-order valence-electron chi connectivity index (χ3n) is 5.46. The fourth-order valence-corrected chi connectivity index (χ4v) is 3.06. The van der Waals surface area contributed by atoms with Crippen LogP contribution in [0.25, 0.3) is 0 Å². The van der Waals surface area contributed by atoms with E-state index >= 15 is 0 Å². The monoisotopic (exact) mass is 224 g/mol. The maximum Gasteiger partial charge on any atom is -0.0357 e. The van der Waals surface area contributed by atoms with E-state index in [0.717, 1.165) is 41.4 Å². The van der Waals surface area contributed by atoms with E-state index in [9.17, 15) is 0 Å². The molecule has 0 aromatic rings. The molecule has 1 aliphatic carbocycles. The highest BCUT2D eigenvalue weighted by Gasteiger charge is 2.40. The van der Waals surface area contributed by atoms with Gasteiger partial charge in [0.1, 0.15) is 0 Å². The Bertz CT molecular complexity index is 206.